The Morgan fingerprint density at radius 2 is 1.77 bits per heavy atom. The van der Waals surface area contributed by atoms with Crippen LogP contribution in [0.5, 0.6) is 0 Å². The molecule has 1 saturated heterocycles. The van der Waals surface area contributed by atoms with Gasteiger partial charge in [0.1, 0.15) is 11.6 Å². The number of hydrogen-bond donors (Lipinski definition) is 0. The highest BCUT2D eigenvalue weighted by molar-refractivity contribution is 5.80. The van der Waals surface area contributed by atoms with Crippen molar-refractivity contribution in [2.75, 3.05) is 13.1 Å². The molecule has 0 unspecified atom stereocenters. The summed E-state index contributed by atoms with van der Waals surface area (Å²) in [5, 5.41) is 0. The van der Waals surface area contributed by atoms with Crippen molar-refractivity contribution in [1.29, 1.82) is 0 Å². The second-order valence-corrected chi connectivity index (χ2v) is 6.05. The van der Waals surface area contributed by atoms with E-state index in [9.17, 15) is 9.18 Å². The lowest BCUT2D eigenvalue weighted by molar-refractivity contribution is -0.120. The highest BCUT2D eigenvalue weighted by Crippen LogP contribution is 2.34. The molecule has 0 aliphatic carbocycles. The SMILES string of the molecule is CC(=O)[C@H]1CN(Cc2ccccc2)C[C@@H]1c1ccc(F)cc1. The molecule has 2 nitrogen and oxygen atoms in total. The summed E-state index contributed by atoms with van der Waals surface area (Å²) >= 11 is 0. The molecule has 0 amide bonds. The molecule has 3 heteroatoms. The Bertz CT molecular complexity index is 638. The third-order valence-electron chi connectivity index (χ3n) is 4.46. The zero-order valence-corrected chi connectivity index (χ0v) is 12.7. The minimum Gasteiger partial charge on any atom is -0.300 e. The fourth-order valence-corrected chi connectivity index (χ4v) is 3.32. The van der Waals surface area contributed by atoms with Gasteiger partial charge in [-0.1, -0.05) is 42.5 Å². The van der Waals surface area contributed by atoms with Gasteiger partial charge < -0.3 is 0 Å². The fourth-order valence-electron chi connectivity index (χ4n) is 3.32. The lowest BCUT2D eigenvalue weighted by Gasteiger charge is -2.16. The van der Waals surface area contributed by atoms with Gasteiger partial charge in [0.15, 0.2) is 0 Å². The van der Waals surface area contributed by atoms with E-state index in [4.69, 9.17) is 0 Å². The van der Waals surface area contributed by atoms with Gasteiger partial charge in [-0.2, -0.15) is 0 Å². The maximum atomic E-state index is 13.1. The highest BCUT2D eigenvalue weighted by atomic mass is 19.1. The quantitative estimate of drug-likeness (QED) is 0.859. The molecule has 1 fully saturated rings. The molecule has 3 rings (SSSR count). The Labute approximate surface area is 130 Å². The summed E-state index contributed by atoms with van der Waals surface area (Å²) in [6, 6.07) is 16.9. The van der Waals surface area contributed by atoms with Crippen molar-refractivity contribution in [3.63, 3.8) is 0 Å². The molecule has 0 radical (unpaired) electrons. The first-order valence-corrected chi connectivity index (χ1v) is 7.65. The number of carbonyl (C=O) groups is 1. The van der Waals surface area contributed by atoms with Crippen LogP contribution < -0.4 is 0 Å². The van der Waals surface area contributed by atoms with Gasteiger partial charge in [-0.25, -0.2) is 4.39 Å². The molecule has 0 aromatic heterocycles. The van der Waals surface area contributed by atoms with Crippen molar-refractivity contribution in [1.82, 2.24) is 4.90 Å². The Morgan fingerprint density at radius 3 is 2.41 bits per heavy atom. The summed E-state index contributed by atoms with van der Waals surface area (Å²) in [5.41, 5.74) is 2.31. The van der Waals surface area contributed by atoms with Gasteiger partial charge in [0.05, 0.1) is 0 Å². The number of Topliss-reactive ketones (excluding diaryl/α,β-unsaturated/α-hetero) is 1. The van der Waals surface area contributed by atoms with Crippen LogP contribution in [0.25, 0.3) is 0 Å². The van der Waals surface area contributed by atoms with Gasteiger partial charge in [0.25, 0.3) is 0 Å². The van der Waals surface area contributed by atoms with E-state index < -0.39 is 0 Å². The molecular formula is C19H20FNO. The smallest absolute Gasteiger partial charge is 0.134 e. The molecule has 0 saturated carbocycles. The van der Waals surface area contributed by atoms with Gasteiger partial charge in [-0.15, -0.1) is 0 Å². The van der Waals surface area contributed by atoms with Gasteiger partial charge in [-0.3, -0.25) is 9.69 Å². The molecule has 2 atom stereocenters. The Kier molecular flexibility index (Phi) is 4.34. The molecular weight excluding hydrogens is 277 g/mol. The Morgan fingerprint density at radius 1 is 1.09 bits per heavy atom. The van der Waals surface area contributed by atoms with Gasteiger partial charge in [0.2, 0.25) is 0 Å². The molecule has 2 aromatic rings. The number of hydrogen-bond acceptors (Lipinski definition) is 2. The summed E-state index contributed by atoms with van der Waals surface area (Å²) < 4.78 is 13.1. The minimum absolute atomic E-state index is 0.00539. The molecule has 1 aliphatic heterocycles. The van der Waals surface area contributed by atoms with Crippen LogP contribution in [0.3, 0.4) is 0 Å². The first-order valence-electron chi connectivity index (χ1n) is 7.65. The molecule has 114 valence electrons. The van der Waals surface area contributed by atoms with E-state index in [2.05, 4.69) is 17.0 Å². The zero-order chi connectivity index (χ0) is 15.5. The van der Waals surface area contributed by atoms with Crippen LogP contribution in [-0.4, -0.2) is 23.8 Å². The number of halogens is 1. The van der Waals surface area contributed by atoms with Gasteiger partial charge >= 0.3 is 0 Å². The summed E-state index contributed by atoms with van der Waals surface area (Å²) in [5.74, 6) is 0.128. The molecule has 22 heavy (non-hydrogen) atoms. The summed E-state index contributed by atoms with van der Waals surface area (Å²) in [4.78, 5) is 14.3. The molecule has 1 heterocycles. The van der Waals surface area contributed by atoms with E-state index in [0.717, 1.165) is 25.2 Å². The van der Waals surface area contributed by atoms with Crippen molar-refractivity contribution in [2.24, 2.45) is 5.92 Å². The van der Waals surface area contributed by atoms with Gasteiger partial charge in [0, 0.05) is 31.5 Å². The average molecular weight is 297 g/mol. The first-order chi connectivity index (χ1) is 10.6. The zero-order valence-electron chi connectivity index (χ0n) is 12.7. The van der Waals surface area contributed by atoms with Crippen LogP contribution in [0.4, 0.5) is 4.39 Å². The van der Waals surface area contributed by atoms with E-state index in [0.29, 0.717) is 0 Å². The van der Waals surface area contributed by atoms with Crippen LogP contribution in [-0.2, 0) is 11.3 Å². The largest absolute Gasteiger partial charge is 0.300 e. The third-order valence-corrected chi connectivity index (χ3v) is 4.46. The van der Waals surface area contributed by atoms with Crippen LogP contribution in [0.15, 0.2) is 54.6 Å². The maximum Gasteiger partial charge on any atom is 0.134 e. The number of likely N-dealkylation sites (tertiary alicyclic amines) is 1. The topological polar surface area (TPSA) is 20.3 Å². The van der Waals surface area contributed by atoms with E-state index in [-0.39, 0.29) is 23.4 Å². The van der Waals surface area contributed by atoms with Crippen LogP contribution in [0.2, 0.25) is 0 Å². The normalized spacial score (nSPS) is 21.9. The number of carbonyl (C=O) groups excluding carboxylic acids is 1. The summed E-state index contributed by atoms with van der Waals surface area (Å²) in [6.07, 6.45) is 0. The van der Waals surface area contributed by atoms with Crippen LogP contribution >= 0.6 is 0 Å². The average Bonchev–Trinajstić information content (AvgIpc) is 2.93. The molecule has 0 bridgehead atoms. The standard InChI is InChI=1S/C19H20FNO/c1-14(22)18-12-21(11-15-5-3-2-4-6-15)13-19(18)16-7-9-17(20)10-8-16/h2-10,18-19H,11-13H2,1H3/t18-,19-/m1/s1. The fraction of sp³-hybridized carbons (Fsp3) is 0.316. The predicted molar refractivity (Wildman–Crippen MR) is 85.0 cm³/mol. The van der Waals surface area contributed by atoms with Crippen molar-refractivity contribution in [3.05, 3.63) is 71.5 Å². The summed E-state index contributed by atoms with van der Waals surface area (Å²) in [7, 11) is 0. The molecule has 0 N–H and O–H groups in total. The van der Waals surface area contributed by atoms with Crippen molar-refractivity contribution < 1.29 is 9.18 Å². The van der Waals surface area contributed by atoms with Crippen molar-refractivity contribution in [3.8, 4) is 0 Å². The molecule has 2 aromatic carbocycles. The van der Waals surface area contributed by atoms with Crippen molar-refractivity contribution >= 4 is 5.78 Å². The number of benzene rings is 2. The Balaban J connectivity index is 1.77. The van der Waals surface area contributed by atoms with E-state index in [1.165, 1.54) is 17.7 Å². The predicted octanol–water partition coefficient (Wildman–Crippen LogP) is 3.63. The lowest BCUT2D eigenvalue weighted by atomic mass is 9.87. The van der Waals surface area contributed by atoms with Gasteiger partial charge in [-0.05, 0) is 30.2 Å². The maximum absolute atomic E-state index is 13.1. The minimum atomic E-state index is -0.234. The van der Waals surface area contributed by atoms with Crippen LogP contribution in [0.1, 0.15) is 24.0 Å². The van der Waals surface area contributed by atoms with E-state index in [1.807, 2.05) is 30.3 Å². The lowest BCUT2D eigenvalue weighted by Crippen LogP contribution is -2.22. The van der Waals surface area contributed by atoms with E-state index >= 15 is 0 Å². The van der Waals surface area contributed by atoms with Crippen LogP contribution in [0, 0.1) is 11.7 Å². The van der Waals surface area contributed by atoms with E-state index in [1.54, 1.807) is 6.92 Å². The Hall–Kier alpha value is -2.00. The first kappa shape index (κ1) is 14.9. The van der Waals surface area contributed by atoms with Crippen molar-refractivity contribution in [2.45, 2.75) is 19.4 Å². The second kappa shape index (κ2) is 6.41. The monoisotopic (exact) mass is 297 g/mol. The number of ketones is 1. The second-order valence-electron chi connectivity index (χ2n) is 6.05. The summed E-state index contributed by atoms with van der Waals surface area (Å²) in [6.45, 7) is 4.12. The number of nitrogens with zero attached hydrogens (tertiary/aromatic N) is 1. The highest BCUT2D eigenvalue weighted by Gasteiger charge is 2.36. The molecule has 0 spiro atoms. The number of rotatable bonds is 4. The third kappa shape index (κ3) is 3.25. The molecule has 1 aliphatic rings.